The van der Waals surface area contributed by atoms with Gasteiger partial charge in [0.05, 0.1) is 0 Å². The molecule has 1 fully saturated rings. The second-order valence-corrected chi connectivity index (χ2v) is 6.07. The topological polar surface area (TPSA) is 21.3 Å². The molecule has 0 aliphatic heterocycles. The van der Waals surface area contributed by atoms with E-state index in [2.05, 4.69) is 35.1 Å². The van der Waals surface area contributed by atoms with Gasteiger partial charge in [0.2, 0.25) is 0 Å². The molecular formula is C14H19BrFNO. The van der Waals surface area contributed by atoms with E-state index in [4.69, 9.17) is 4.74 Å². The first kappa shape index (κ1) is 13.8. The Balaban J connectivity index is 1.99. The summed E-state index contributed by atoms with van der Waals surface area (Å²) < 4.78 is 20.3. The van der Waals surface area contributed by atoms with Crippen molar-refractivity contribution in [3.05, 3.63) is 28.5 Å². The van der Waals surface area contributed by atoms with Crippen molar-refractivity contribution < 1.29 is 9.13 Å². The highest BCUT2D eigenvalue weighted by molar-refractivity contribution is 9.10. The molecule has 0 aromatic heterocycles. The van der Waals surface area contributed by atoms with Crippen molar-refractivity contribution in [2.24, 2.45) is 5.92 Å². The maximum Gasteiger partial charge on any atom is 0.165 e. The molecule has 0 radical (unpaired) electrons. The van der Waals surface area contributed by atoms with E-state index in [1.165, 1.54) is 18.9 Å². The summed E-state index contributed by atoms with van der Waals surface area (Å²) in [4.78, 5) is 0. The molecule has 1 atom stereocenters. The predicted molar refractivity (Wildman–Crippen MR) is 74.4 cm³/mol. The Hall–Kier alpha value is -0.610. The Morgan fingerprint density at radius 1 is 1.44 bits per heavy atom. The average molecular weight is 316 g/mol. The van der Waals surface area contributed by atoms with Gasteiger partial charge in [0.1, 0.15) is 6.10 Å². The quantitative estimate of drug-likeness (QED) is 0.863. The first-order chi connectivity index (χ1) is 8.56. The second kappa shape index (κ2) is 6.02. The Morgan fingerprint density at radius 3 is 2.78 bits per heavy atom. The van der Waals surface area contributed by atoms with Crippen LogP contribution in [-0.4, -0.2) is 18.7 Å². The maximum atomic E-state index is 13.6. The van der Waals surface area contributed by atoms with Crippen LogP contribution in [0.5, 0.6) is 5.75 Å². The summed E-state index contributed by atoms with van der Waals surface area (Å²) in [7, 11) is 0. The van der Waals surface area contributed by atoms with Gasteiger partial charge in [0, 0.05) is 17.1 Å². The lowest BCUT2D eigenvalue weighted by molar-refractivity contribution is 0.142. The lowest BCUT2D eigenvalue weighted by atomic mass is 10.1. The molecule has 2 rings (SSSR count). The van der Waals surface area contributed by atoms with Crippen molar-refractivity contribution in [3.8, 4) is 5.75 Å². The van der Waals surface area contributed by atoms with Crippen LogP contribution in [0.1, 0.15) is 26.7 Å². The van der Waals surface area contributed by atoms with Crippen molar-refractivity contribution in [1.29, 1.82) is 0 Å². The van der Waals surface area contributed by atoms with E-state index in [9.17, 15) is 4.39 Å². The van der Waals surface area contributed by atoms with Crippen molar-refractivity contribution in [1.82, 2.24) is 5.32 Å². The molecule has 1 aromatic rings. The summed E-state index contributed by atoms with van der Waals surface area (Å²) in [5.74, 6) is 0.352. The zero-order valence-electron chi connectivity index (χ0n) is 10.7. The number of rotatable bonds is 6. The van der Waals surface area contributed by atoms with Crippen LogP contribution in [0.4, 0.5) is 4.39 Å². The zero-order valence-corrected chi connectivity index (χ0v) is 12.3. The van der Waals surface area contributed by atoms with E-state index in [0.29, 0.717) is 17.7 Å². The Labute approximate surface area is 116 Å². The first-order valence-electron chi connectivity index (χ1n) is 6.41. The largest absolute Gasteiger partial charge is 0.486 e. The molecule has 1 N–H and O–H groups in total. The van der Waals surface area contributed by atoms with Crippen molar-refractivity contribution >= 4 is 15.9 Å². The first-order valence-corrected chi connectivity index (χ1v) is 7.20. The zero-order chi connectivity index (χ0) is 13.1. The Bertz CT molecular complexity index is 407. The highest BCUT2D eigenvalue weighted by atomic mass is 79.9. The minimum absolute atomic E-state index is 0.00519. The summed E-state index contributed by atoms with van der Waals surface area (Å²) in [6.45, 7) is 4.96. The molecule has 0 amide bonds. The molecule has 2 nitrogen and oxygen atoms in total. The SMILES string of the molecule is CC(C)C(CNC1CC1)Oc1cc(Br)ccc1F. The third-order valence-corrected chi connectivity index (χ3v) is 3.59. The van der Waals surface area contributed by atoms with Gasteiger partial charge in [-0.1, -0.05) is 29.8 Å². The van der Waals surface area contributed by atoms with E-state index in [1.807, 2.05) is 0 Å². The third-order valence-electron chi connectivity index (χ3n) is 3.10. The van der Waals surface area contributed by atoms with Crippen LogP contribution < -0.4 is 10.1 Å². The van der Waals surface area contributed by atoms with Crippen LogP contribution in [0.15, 0.2) is 22.7 Å². The molecule has 4 heteroatoms. The molecule has 1 unspecified atom stereocenters. The third kappa shape index (κ3) is 3.95. The standard InChI is InChI=1S/C14H19BrFNO/c1-9(2)14(8-17-11-4-5-11)18-13-7-10(15)3-6-12(13)16/h3,6-7,9,11,14,17H,4-5,8H2,1-2H3. The van der Waals surface area contributed by atoms with E-state index < -0.39 is 0 Å². The fourth-order valence-electron chi connectivity index (χ4n) is 1.71. The van der Waals surface area contributed by atoms with Crippen LogP contribution in [0, 0.1) is 11.7 Å². The molecule has 0 heterocycles. The Morgan fingerprint density at radius 2 is 2.17 bits per heavy atom. The smallest absolute Gasteiger partial charge is 0.165 e. The lowest BCUT2D eigenvalue weighted by Crippen LogP contribution is -2.36. The summed E-state index contributed by atoms with van der Waals surface area (Å²) in [5.41, 5.74) is 0. The fourth-order valence-corrected chi connectivity index (χ4v) is 2.05. The van der Waals surface area contributed by atoms with Gasteiger partial charge < -0.3 is 10.1 Å². The monoisotopic (exact) mass is 315 g/mol. The minimum atomic E-state index is -0.310. The lowest BCUT2D eigenvalue weighted by Gasteiger charge is -2.23. The normalized spacial score (nSPS) is 16.9. The summed E-state index contributed by atoms with van der Waals surface area (Å²) in [5, 5.41) is 3.43. The van der Waals surface area contributed by atoms with E-state index in [0.717, 1.165) is 11.0 Å². The minimum Gasteiger partial charge on any atom is -0.486 e. The van der Waals surface area contributed by atoms with Crippen LogP contribution >= 0.6 is 15.9 Å². The summed E-state index contributed by atoms with van der Waals surface area (Å²) >= 11 is 3.33. The Kier molecular flexibility index (Phi) is 4.62. The number of nitrogens with one attached hydrogen (secondary N) is 1. The number of ether oxygens (including phenoxy) is 1. The molecule has 100 valence electrons. The van der Waals surface area contributed by atoms with Crippen molar-refractivity contribution in [2.75, 3.05) is 6.54 Å². The predicted octanol–water partition coefficient (Wildman–Crippen LogP) is 3.74. The van der Waals surface area contributed by atoms with Gasteiger partial charge in [0.25, 0.3) is 0 Å². The molecule has 18 heavy (non-hydrogen) atoms. The fraction of sp³-hybridized carbons (Fsp3) is 0.571. The van der Waals surface area contributed by atoms with E-state index in [-0.39, 0.29) is 11.9 Å². The number of halogens is 2. The van der Waals surface area contributed by atoms with Gasteiger partial charge in [-0.15, -0.1) is 0 Å². The number of benzene rings is 1. The molecular weight excluding hydrogens is 297 g/mol. The number of hydrogen-bond acceptors (Lipinski definition) is 2. The highest BCUT2D eigenvalue weighted by Gasteiger charge is 2.24. The van der Waals surface area contributed by atoms with Gasteiger partial charge in [-0.25, -0.2) is 4.39 Å². The number of hydrogen-bond donors (Lipinski definition) is 1. The summed E-state index contributed by atoms with van der Waals surface area (Å²) in [6, 6.07) is 5.42. The highest BCUT2D eigenvalue weighted by Crippen LogP contribution is 2.25. The molecule has 1 aliphatic carbocycles. The molecule has 1 aromatic carbocycles. The van der Waals surface area contributed by atoms with Gasteiger partial charge >= 0.3 is 0 Å². The second-order valence-electron chi connectivity index (χ2n) is 5.16. The van der Waals surface area contributed by atoms with Crippen LogP contribution in [0.3, 0.4) is 0 Å². The van der Waals surface area contributed by atoms with Crippen LogP contribution in [0.25, 0.3) is 0 Å². The van der Waals surface area contributed by atoms with Gasteiger partial charge in [-0.2, -0.15) is 0 Å². The van der Waals surface area contributed by atoms with E-state index in [1.54, 1.807) is 12.1 Å². The molecule has 1 aliphatic rings. The summed E-state index contributed by atoms with van der Waals surface area (Å²) in [6.07, 6.45) is 2.49. The van der Waals surface area contributed by atoms with Crippen molar-refractivity contribution in [2.45, 2.75) is 38.8 Å². The molecule has 0 saturated heterocycles. The van der Waals surface area contributed by atoms with Crippen LogP contribution in [-0.2, 0) is 0 Å². The van der Waals surface area contributed by atoms with E-state index >= 15 is 0 Å². The maximum absolute atomic E-state index is 13.6. The van der Waals surface area contributed by atoms with Crippen LogP contribution in [0.2, 0.25) is 0 Å². The average Bonchev–Trinajstić information content (AvgIpc) is 3.12. The van der Waals surface area contributed by atoms with Gasteiger partial charge in [-0.3, -0.25) is 0 Å². The van der Waals surface area contributed by atoms with Gasteiger partial charge in [-0.05, 0) is 37.0 Å². The molecule has 0 bridgehead atoms. The van der Waals surface area contributed by atoms with Gasteiger partial charge in [0.15, 0.2) is 11.6 Å². The van der Waals surface area contributed by atoms with Crippen molar-refractivity contribution in [3.63, 3.8) is 0 Å². The molecule has 0 spiro atoms. The molecule has 1 saturated carbocycles.